The van der Waals surface area contributed by atoms with Crippen molar-refractivity contribution < 1.29 is 40.3 Å². The van der Waals surface area contributed by atoms with Crippen molar-refractivity contribution in [2.75, 3.05) is 18.8 Å². The number of benzene rings is 1. The molecule has 1 saturated carbocycles. The highest BCUT2D eigenvalue weighted by atomic mass is 19.4. The van der Waals surface area contributed by atoms with E-state index in [1.807, 2.05) is 0 Å². The van der Waals surface area contributed by atoms with Gasteiger partial charge in [0.15, 0.2) is 5.82 Å². The fourth-order valence-electron chi connectivity index (χ4n) is 4.76. The number of amides is 2. The van der Waals surface area contributed by atoms with Crippen LogP contribution in [0, 0.1) is 11.7 Å². The van der Waals surface area contributed by atoms with Gasteiger partial charge in [0.25, 0.3) is 5.91 Å². The first kappa shape index (κ1) is 25.7. The number of carbonyl (C=O) groups excluding carboxylic acids is 2. The van der Waals surface area contributed by atoms with Crippen LogP contribution in [0.5, 0.6) is 0 Å². The number of nitrogens with two attached hydrogens (primary N) is 1. The van der Waals surface area contributed by atoms with Gasteiger partial charge in [-0.2, -0.15) is 18.3 Å². The molecule has 3 N–H and O–H groups in total. The van der Waals surface area contributed by atoms with Crippen molar-refractivity contribution >= 4 is 23.1 Å². The van der Waals surface area contributed by atoms with Crippen LogP contribution in [0.1, 0.15) is 28.8 Å². The summed E-state index contributed by atoms with van der Waals surface area (Å²) in [5.41, 5.74) is 2.84. The molecule has 1 saturated heterocycles. The van der Waals surface area contributed by atoms with Gasteiger partial charge in [0.05, 0.1) is 23.8 Å². The summed E-state index contributed by atoms with van der Waals surface area (Å²) in [7, 11) is 0. The van der Waals surface area contributed by atoms with Crippen LogP contribution in [0.2, 0.25) is 0 Å². The smallest absolute Gasteiger partial charge is 0.382 e. The van der Waals surface area contributed by atoms with E-state index in [1.54, 1.807) is 0 Å². The molecule has 1 aromatic carbocycles. The minimum Gasteiger partial charge on any atom is -0.382 e. The Hall–Kier alpha value is -3.91. The number of fused-ring (bicyclic) bond motifs is 1. The Kier molecular flexibility index (Phi) is 5.98. The number of likely N-dealkylation sites (tertiary alicyclic amines) is 1. The lowest BCUT2D eigenvalue weighted by molar-refractivity contribution is -0.159. The van der Waals surface area contributed by atoms with Crippen LogP contribution in [0.3, 0.4) is 0 Å². The van der Waals surface area contributed by atoms with Crippen molar-refractivity contribution in [3.63, 3.8) is 0 Å². The first-order valence-corrected chi connectivity index (χ1v) is 11.4. The second-order valence-electron chi connectivity index (χ2n) is 9.34. The predicted molar refractivity (Wildman–Crippen MR) is 118 cm³/mol. The van der Waals surface area contributed by atoms with Gasteiger partial charge in [0, 0.05) is 36.4 Å². The van der Waals surface area contributed by atoms with E-state index in [4.69, 9.17) is 5.73 Å². The van der Waals surface area contributed by atoms with Crippen molar-refractivity contribution in [2.24, 2.45) is 5.92 Å². The van der Waals surface area contributed by atoms with Crippen LogP contribution in [0.15, 0.2) is 30.6 Å². The zero-order valence-electron chi connectivity index (χ0n) is 19.3. The SMILES string of the molecule is Nc1ncnn2c(-c3cc(C(=O)N[C@@H]4CN(C(=O)C5CC(F)(F)C5)C[C@@H]4F)ccc3F)cc(C(F)(F)F)c12. The number of halogens is 7. The van der Waals surface area contributed by atoms with Crippen molar-refractivity contribution in [1.82, 2.24) is 24.8 Å². The summed E-state index contributed by atoms with van der Waals surface area (Å²) >= 11 is 0. The van der Waals surface area contributed by atoms with E-state index in [1.165, 1.54) is 0 Å². The second-order valence-corrected chi connectivity index (χ2v) is 9.34. The van der Waals surface area contributed by atoms with Gasteiger partial charge in [-0.05, 0) is 24.3 Å². The molecule has 2 amide bonds. The molecule has 0 bridgehead atoms. The zero-order valence-corrected chi connectivity index (χ0v) is 19.3. The highest BCUT2D eigenvalue weighted by Gasteiger charge is 2.51. The van der Waals surface area contributed by atoms with E-state index in [0.717, 1.165) is 33.9 Å². The second kappa shape index (κ2) is 8.84. The first-order valence-electron chi connectivity index (χ1n) is 11.4. The van der Waals surface area contributed by atoms with Crippen molar-refractivity contribution in [3.05, 3.63) is 47.5 Å². The Labute approximate surface area is 209 Å². The number of nitrogens with zero attached hydrogens (tertiary/aromatic N) is 4. The molecule has 2 aromatic heterocycles. The van der Waals surface area contributed by atoms with Crippen LogP contribution >= 0.6 is 0 Å². The molecule has 5 rings (SSSR count). The fraction of sp³-hybridized carbons (Fsp3) is 0.391. The van der Waals surface area contributed by atoms with Crippen molar-refractivity contribution in [3.8, 4) is 11.3 Å². The Morgan fingerprint density at radius 2 is 1.84 bits per heavy atom. The van der Waals surface area contributed by atoms with Gasteiger partial charge in [-0.3, -0.25) is 9.59 Å². The largest absolute Gasteiger partial charge is 0.418 e. The predicted octanol–water partition coefficient (Wildman–Crippen LogP) is 3.46. The summed E-state index contributed by atoms with van der Waals surface area (Å²) in [6.45, 7) is -0.644. The average molecular weight is 544 g/mol. The number of rotatable bonds is 4. The number of nitrogen functional groups attached to an aromatic ring is 1. The summed E-state index contributed by atoms with van der Waals surface area (Å²) in [4.78, 5) is 29.9. The highest BCUT2D eigenvalue weighted by Crippen LogP contribution is 2.43. The molecule has 202 valence electrons. The van der Waals surface area contributed by atoms with E-state index in [0.29, 0.717) is 6.07 Å². The van der Waals surface area contributed by atoms with Crippen molar-refractivity contribution in [2.45, 2.75) is 37.2 Å². The van der Waals surface area contributed by atoms with Crippen LogP contribution in [0.4, 0.5) is 36.6 Å². The summed E-state index contributed by atoms with van der Waals surface area (Å²) in [5.74, 6) is -6.80. The average Bonchev–Trinajstić information content (AvgIpc) is 3.39. The topological polar surface area (TPSA) is 106 Å². The number of hydrogen-bond acceptors (Lipinski definition) is 5. The lowest BCUT2D eigenvalue weighted by Gasteiger charge is -2.36. The highest BCUT2D eigenvalue weighted by molar-refractivity contribution is 5.96. The third-order valence-electron chi connectivity index (χ3n) is 6.71. The lowest BCUT2D eigenvalue weighted by Crippen LogP contribution is -2.47. The maximum absolute atomic E-state index is 14.8. The van der Waals surface area contributed by atoms with Gasteiger partial charge in [0.1, 0.15) is 23.8 Å². The van der Waals surface area contributed by atoms with E-state index >= 15 is 0 Å². The quantitative estimate of drug-likeness (QED) is 0.490. The van der Waals surface area contributed by atoms with E-state index in [-0.39, 0.29) is 17.8 Å². The summed E-state index contributed by atoms with van der Waals surface area (Å²) in [6.07, 6.45) is -6.90. The van der Waals surface area contributed by atoms with Gasteiger partial charge in [0.2, 0.25) is 11.8 Å². The normalized spacial score (nSPS) is 21.5. The third-order valence-corrected chi connectivity index (χ3v) is 6.71. The molecular formula is C23H19F7N6O2. The number of nitrogens with one attached hydrogen (secondary N) is 1. The summed E-state index contributed by atoms with van der Waals surface area (Å²) in [6, 6.07) is 2.35. The minimum absolute atomic E-state index is 0.206. The first-order chi connectivity index (χ1) is 17.7. The molecular weight excluding hydrogens is 525 g/mol. The van der Waals surface area contributed by atoms with E-state index in [2.05, 4.69) is 15.4 Å². The molecule has 0 spiro atoms. The molecule has 38 heavy (non-hydrogen) atoms. The summed E-state index contributed by atoms with van der Waals surface area (Å²) < 4.78 is 97.2. The van der Waals surface area contributed by atoms with E-state index in [9.17, 15) is 40.3 Å². The van der Waals surface area contributed by atoms with Gasteiger partial charge in [-0.15, -0.1) is 0 Å². The van der Waals surface area contributed by atoms with E-state index < -0.39 is 89.7 Å². The molecule has 0 unspecified atom stereocenters. The number of carbonyl (C=O) groups is 2. The number of aromatic nitrogens is 3. The summed E-state index contributed by atoms with van der Waals surface area (Å²) in [5, 5.41) is 6.13. The van der Waals surface area contributed by atoms with Crippen LogP contribution in [0.25, 0.3) is 16.8 Å². The Balaban J connectivity index is 1.38. The van der Waals surface area contributed by atoms with Gasteiger partial charge in [-0.25, -0.2) is 27.1 Å². The Morgan fingerprint density at radius 3 is 2.50 bits per heavy atom. The molecule has 8 nitrogen and oxygen atoms in total. The molecule has 2 fully saturated rings. The fourth-order valence-corrected chi connectivity index (χ4v) is 4.76. The number of hydrogen-bond donors (Lipinski definition) is 2. The minimum atomic E-state index is -4.87. The van der Waals surface area contributed by atoms with Gasteiger partial charge < -0.3 is 16.0 Å². The zero-order chi connectivity index (χ0) is 27.6. The van der Waals surface area contributed by atoms with Gasteiger partial charge >= 0.3 is 6.18 Å². The molecule has 2 aliphatic rings. The number of alkyl halides is 6. The standard InChI is InChI=1S/C23H19F7N6O2/c24-14-2-1-10(3-12(14)17-4-13(23(28,29)30)18-19(31)32-9-33-36(17)18)20(37)34-16-8-35(7-15(16)25)21(38)11-5-22(26,27)6-11/h1-4,9,11,15-16H,5-8H2,(H,34,37)(H2,31,32,33)/t15-,16+/m0/s1. The molecule has 15 heteroatoms. The maximum Gasteiger partial charge on any atom is 0.418 e. The lowest BCUT2D eigenvalue weighted by atomic mass is 9.80. The molecule has 1 aliphatic carbocycles. The number of anilines is 1. The Bertz CT molecular complexity index is 1430. The molecule has 3 aromatic rings. The maximum atomic E-state index is 14.8. The van der Waals surface area contributed by atoms with Crippen molar-refractivity contribution in [1.29, 1.82) is 0 Å². The van der Waals surface area contributed by atoms with Crippen LogP contribution in [-0.4, -0.2) is 62.5 Å². The van der Waals surface area contributed by atoms with Crippen LogP contribution < -0.4 is 11.1 Å². The van der Waals surface area contributed by atoms with Crippen LogP contribution in [-0.2, 0) is 11.0 Å². The molecule has 0 radical (unpaired) electrons. The molecule has 3 heterocycles. The third kappa shape index (κ3) is 4.49. The van der Waals surface area contributed by atoms with Gasteiger partial charge in [-0.1, -0.05) is 0 Å². The monoisotopic (exact) mass is 544 g/mol. The molecule has 2 atom stereocenters. The molecule has 1 aliphatic heterocycles. The Morgan fingerprint density at radius 1 is 1.13 bits per heavy atom.